The molecule has 4 heteroatoms. The van der Waals surface area contributed by atoms with Crippen LogP contribution >= 0.6 is 0 Å². The molecule has 1 aromatic carbocycles. The first-order valence-electron chi connectivity index (χ1n) is 6.77. The van der Waals surface area contributed by atoms with Crippen molar-refractivity contribution in [3.05, 3.63) is 23.8 Å². The molecule has 1 fully saturated rings. The number of hydrogen-bond acceptors (Lipinski definition) is 4. The highest BCUT2D eigenvalue weighted by molar-refractivity contribution is 5.60. The van der Waals surface area contributed by atoms with Crippen molar-refractivity contribution >= 4 is 5.69 Å². The second kappa shape index (κ2) is 5.39. The molecule has 106 valence electrons. The van der Waals surface area contributed by atoms with Gasteiger partial charge in [-0.25, -0.2) is 0 Å². The quantitative estimate of drug-likeness (QED) is 0.879. The Morgan fingerprint density at radius 3 is 2.47 bits per heavy atom. The predicted octanol–water partition coefficient (Wildman–Crippen LogP) is 2.10. The Kier molecular flexibility index (Phi) is 4.02. The second-order valence-corrected chi connectivity index (χ2v) is 5.55. The lowest BCUT2D eigenvalue weighted by Crippen LogP contribution is -2.42. The van der Waals surface area contributed by atoms with Gasteiger partial charge in [0.25, 0.3) is 0 Å². The number of methoxy groups -OCH3 is 1. The summed E-state index contributed by atoms with van der Waals surface area (Å²) >= 11 is 0. The Balaban J connectivity index is 2.30. The summed E-state index contributed by atoms with van der Waals surface area (Å²) in [6, 6.07) is 5.81. The molecule has 1 heterocycles. The Morgan fingerprint density at radius 2 is 1.95 bits per heavy atom. The van der Waals surface area contributed by atoms with Crippen molar-refractivity contribution in [3.63, 3.8) is 0 Å². The lowest BCUT2D eigenvalue weighted by molar-refractivity contribution is 0.0350. The van der Waals surface area contributed by atoms with E-state index in [1.165, 1.54) is 0 Å². The Hall–Kier alpha value is -1.26. The lowest BCUT2D eigenvalue weighted by Gasteiger charge is -2.38. The maximum Gasteiger partial charge on any atom is 0.126 e. The molecule has 0 aliphatic carbocycles. The highest BCUT2D eigenvalue weighted by atomic mass is 16.5. The maximum absolute atomic E-state index is 10.0. The molecule has 1 aromatic rings. The van der Waals surface area contributed by atoms with Gasteiger partial charge >= 0.3 is 0 Å². The van der Waals surface area contributed by atoms with Gasteiger partial charge in [0.1, 0.15) is 5.75 Å². The van der Waals surface area contributed by atoms with E-state index in [1.54, 1.807) is 14.0 Å². The van der Waals surface area contributed by atoms with Crippen molar-refractivity contribution in [3.8, 4) is 5.75 Å². The van der Waals surface area contributed by atoms with Crippen LogP contribution in [0.25, 0.3) is 0 Å². The number of nitrogens with zero attached hydrogens (tertiary/aromatic N) is 1. The maximum atomic E-state index is 10.0. The fraction of sp³-hybridized carbons (Fsp3) is 0.600. The van der Waals surface area contributed by atoms with Crippen molar-refractivity contribution < 1.29 is 14.9 Å². The summed E-state index contributed by atoms with van der Waals surface area (Å²) in [5, 5.41) is 20.0. The van der Waals surface area contributed by atoms with Gasteiger partial charge in [-0.05, 0) is 38.8 Å². The fourth-order valence-corrected chi connectivity index (χ4v) is 2.64. The summed E-state index contributed by atoms with van der Waals surface area (Å²) in [5.74, 6) is 0.713. The van der Waals surface area contributed by atoms with E-state index in [9.17, 15) is 10.2 Å². The van der Waals surface area contributed by atoms with E-state index in [4.69, 9.17) is 4.74 Å². The molecule has 19 heavy (non-hydrogen) atoms. The van der Waals surface area contributed by atoms with E-state index in [0.29, 0.717) is 5.75 Å². The van der Waals surface area contributed by atoms with Gasteiger partial charge in [-0.2, -0.15) is 0 Å². The molecule has 0 aromatic heterocycles. The van der Waals surface area contributed by atoms with Crippen molar-refractivity contribution in [2.24, 2.45) is 0 Å². The highest BCUT2D eigenvalue weighted by Crippen LogP contribution is 2.36. The zero-order chi connectivity index (χ0) is 14.0. The average Bonchev–Trinajstić information content (AvgIpc) is 2.37. The van der Waals surface area contributed by atoms with Crippen LogP contribution in [0.4, 0.5) is 5.69 Å². The molecule has 1 atom stereocenters. The summed E-state index contributed by atoms with van der Waals surface area (Å²) in [6.45, 7) is 5.22. The predicted molar refractivity (Wildman–Crippen MR) is 75.7 cm³/mol. The molecule has 0 radical (unpaired) electrons. The molecule has 2 rings (SSSR count). The van der Waals surface area contributed by atoms with Crippen LogP contribution in [0.3, 0.4) is 0 Å². The molecule has 0 saturated carbocycles. The van der Waals surface area contributed by atoms with E-state index >= 15 is 0 Å². The zero-order valence-electron chi connectivity index (χ0n) is 11.9. The van der Waals surface area contributed by atoms with E-state index in [-0.39, 0.29) is 0 Å². The van der Waals surface area contributed by atoms with E-state index < -0.39 is 11.7 Å². The van der Waals surface area contributed by atoms with E-state index in [2.05, 4.69) is 4.90 Å². The molecule has 0 amide bonds. The first-order valence-corrected chi connectivity index (χ1v) is 6.77. The number of aliphatic hydroxyl groups excluding tert-OH is 1. The first kappa shape index (κ1) is 14.2. The van der Waals surface area contributed by atoms with Gasteiger partial charge in [-0.15, -0.1) is 0 Å². The van der Waals surface area contributed by atoms with Gasteiger partial charge in [0.2, 0.25) is 0 Å². The number of benzene rings is 1. The summed E-state index contributed by atoms with van der Waals surface area (Å²) in [7, 11) is 1.62. The number of rotatable bonds is 3. The summed E-state index contributed by atoms with van der Waals surface area (Å²) in [5.41, 5.74) is 1.26. The largest absolute Gasteiger partial charge is 0.496 e. The third-order valence-electron chi connectivity index (χ3n) is 3.86. The second-order valence-electron chi connectivity index (χ2n) is 5.55. The molecule has 1 unspecified atom stereocenters. The third-order valence-corrected chi connectivity index (χ3v) is 3.86. The first-order chi connectivity index (χ1) is 8.94. The SMILES string of the molecule is COc1cccc(N2CCC(C)(O)CC2)c1C(C)O. The van der Waals surface area contributed by atoms with Gasteiger partial charge in [0, 0.05) is 24.3 Å². The van der Waals surface area contributed by atoms with Gasteiger partial charge in [-0.1, -0.05) is 6.07 Å². The van der Waals surface area contributed by atoms with Crippen LogP contribution < -0.4 is 9.64 Å². The smallest absolute Gasteiger partial charge is 0.126 e. The van der Waals surface area contributed by atoms with Crippen LogP contribution in [-0.4, -0.2) is 36.0 Å². The molecule has 1 aliphatic heterocycles. The topological polar surface area (TPSA) is 52.9 Å². The van der Waals surface area contributed by atoms with Crippen LogP contribution in [0.2, 0.25) is 0 Å². The normalized spacial score (nSPS) is 20.2. The Labute approximate surface area is 114 Å². The van der Waals surface area contributed by atoms with Crippen molar-refractivity contribution in [2.75, 3.05) is 25.1 Å². The molecule has 0 bridgehead atoms. The van der Waals surface area contributed by atoms with Gasteiger partial charge < -0.3 is 19.8 Å². The van der Waals surface area contributed by atoms with Crippen LogP contribution in [0.1, 0.15) is 38.4 Å². The zero-order valence-corrected chi connectivity index (χ0v) is 11.9. The minimum absolute atomic E-state index is 0.569. The summed E-state index contributed by atoms with van der Waals surface area (Å²) in [6.07, 6.45) is 0.904. The van der Waals surface area contributed by atoms with Crippen molar-refractivity contribution in [1.82, 2.24) is 0 Å². The number of ether oxygens (including phenoxy) is 1. The van der Waals surface area contributed by atoms with E-state index in [1.807, 2.05) is 25.1 Å². The van der Waals surface area contributed by atoms with Gasteiger partial charge in [-0.3, -0.25) is 0 Å². The van der Waals surface area contributed by atoms with Crippen LogP contribution in [0, 0.1) is 0 Å². The molecule has 0 spiro atoms. The number of hydrogen-bond donors (Lipinski definition) is 2. The number of piperidine rings is 1. The monoisotopic (exact) mass is 265 g/mol. The third kappa shape index (κ3) is 3.01. The highest BCUT2D eigenvalue weighted by Gasteiger charge is 2.29. The van der Waals surface area contributed by atoms with Gasteiger partial charge in [0.05, 0.1) is 18.8 Å². The molecule has 1 saturated heterocycles. The number of anilines is 1. The lowest BCUT2D eigenvalue weighted by atomic mass is 9.92. The van der Waals surface area contributed by atoms with Crippen molar-refractivity contribution in [1.29, 1.82) is 0 Å². The number of aliphatic hydroxyl groups is 2. The minimum atomic E-state index is -0.575. The summed E-state index contributed by atoms with van der Waals surface area (Å²) in [4.78, 5) is 2.21. The molecular formula is C15H23NO3. The van der Waals surface area contributed by atoms with Crippen LogP contribution in [-0.2, 0) is 0 Å². The fourth-order valence-electron chi connectivity index (χ4n) is 2.64. The van der Waals surface area contributed by atoms with Crippen molar-refractivity contribution in [2.45, 2.75) is 38.4 Å². The average molecular weight is 265 g/mol. The van der Waals surface area contributed by atoms with Gasteiger partial charge in [0.15, 0.2) is 0 Å². The summed E-state index contributed by atoms with van der Waals surface area (Å²) < 4.78 is 5.34. The van der Waals surface area contributed by atoms with Crippen LogP contribution in [0.5, 0.6) is 5.75 Å². The standard InChI is InChI=1S/C15H23NO3/c1-11(17)14-12(5-4-6-13(14)19-3)16-9-7-15(2,18)8-10-16/h4-6,11,17-18H,7-10H2,1-3H3. The minimum Gasteiger partial charge on any atom is -0.496 e. The Morgan fingerprint density at radius 1 is 1.32 bits per heavy atom. The molecule has 2 N–H and O–H groups in total. The molecule has 4 nitrogen and oxygen atoms in total. The molecular weight excluding hydrogens is 242 g/mol. The van der Waals surface area contributed by atoms with Crippen LogP contribution in [0.15, 0.2) is 18.2 Å². The molecule has 1 aliphatic rings. The van der Waals surface area contributed by atoms with E-state index in [0.717, 1.165) is 37.2 Å². The Bertz CT molecular complexity index is 433.